The molecule has 0 saturated carbocycles. The highest BCUT2D eigenvalue weighted by Gasteiger charge is 2.11. The van der Waals surface area contributed by atoms with E-state index in [1.165, 1.54) is 12.1 Å². The molecule has 1 rings (SSSR count). The minimum Gasteiger partial charge on any atom is -0.481 e. The molecule has 0 aromatic heterocycles. The largest absolute Gasteiger partial charge is 0.481 e. The molecule has 0 saturated heterocycles. The second-order valence-corrected chi connectivity index (χ2v) is 4.62. The topological polar surface area (TPSA) is 102 Å². The minimum absolute atomic E-state index is 0.253. The number of urea groups is 1. The van der Waals surface area contributed by atoms with Crippen molar-refractivity contribution in [2.24, 2.45) is 5.92 Å². The average Bonchev–Trinajstić information content (AvgIpc) is 2.38. The summed E-state index contributed by atoms with van der Waals surface area (Å²) in [5, 5.41) is 22.8. The predicted molar refractivity (Wildman–Crippen MR) is 74.6 cm³/mol. The summed E-state index contributed by atoms with van der Waals surface area (Å²) < 4.78 is 0. The fourth-order valence-electron chi connectivity index (χ4n) is 1.38. The lowest BCUT2D eigenvalue weighted by Gasteiger charge is -2.09. The number of carboxylic acids is 1. The van der Waals surface area contributed by atoms with Crippen LogP contribution in [0.15, 0.2) is 18.2 Å². The molecule has 0 aliphatic rings. The average molecular weight is 296 g/mol. The Labute approximate surface area is 121 Å². The van der Waals surface area contributed by atoms with Crippen molar-refractivity contribution >= 4 is 29.3 Å². The van der Waals surface area contributed by atoms with Crippen molar-refractivity contribution in [1.29, 1.82) is 5.26 Å². The van der Waals surface area contributed by atoms with E-state index in [4.69, 9.17) is 22.0 Å². The Morgan fingerprint density at radius 2 is 2.20 bits per heavy atom. The van der Waals surface area contributed by atoms with Gasteiger partial charge in [-0.1, -0.05) is 18.5 Å². The first-order chi connectivity index (χ1) is 9.43. The minimum atomic E-state index is -0.897. The molecule has 0 heterocycles. The molecule has 0 radical (unpaired) electrons. The monoisotopic (exact) mass is 295 g/mol. The van der Waals surface area contributed by atoms with E-state index in [2.05, 4.69) is 10.6 Å². The summed E-state index contributed by atoms with van der Waals surface area (Å²) in [7, 11) is 0. The van der Waals surface area contributed by atoms with Crippen molar-refractivity contribution in [1.82, 2.24) is 5.32 Å². The maximum atomic E-state index is 11.6. The highest BCUT2D eigenvalue weighted by molar-refractivity contribution is 6.32. The fourth-order valence-corrected chi connectivity index (χ4v) is 1.61. The number of carboxylic acid groups (broad SMARTS) is 1. The van der Waals surface area contributed by atoms with Crippen LogP contribution in [0.5, 0.6) is 0 Å². The third kappa shape index (κ3) is 4.78. The van der Waals surface area contributed by atoms with E-state index in [1.54, 1.807) is 13.0 Å². The van der Waals surface area contributed by atoms with Gasteiger partial charge in [0.1, 0.15) is 6.07 Å². The zero-order chi connectivity index (χ0) is 15.1. The number of carbonyl (C=O) groups is 2. The van der Waals surface area contributed by atoms with Crippen molar-refractivity contribution in [3.05, 3.63) is 28.8 Å². The molecule has 0 aliphatic heterocycles. The Hall–Kier alpha value is -2.26. The van der Waals surface area contributed by atoms with Gasteiger partial charge in [-0.25, -0.2) is 4.79 Å². The van der Waals surface area contributed by atoms with Crippen LogP contribution in [0.2, 0.25) is 5.02 Å². The standard InChI is InChI=1S/C13H14ClN3O3/c1-8(12(18)19)4-5-16-13(20)17-10-3-2-9(7-15)11(14)6-10/h2-3,6,8H,4-5H2,1H3,(H,18,19)(H2,16,17,20). The summed E-state index contributed by atoms with van der Waals surface area (Å²) in [6.45, 7) is 1.83. The van der Waals surface area contributed by atoms with E-state index in [-0.39, 0.29) is 11.6 Å². The summed E-state index contributed by atoms with van der Waals surface area (Å²) in [5.74, 6) is -1.41. The van der Waals surface area contributed by atoms with Gasteiger partial charge in [-0.2, -0.15) is 5.26 Å². The van der Waals surface area contributed by atoms with Crippen LogP contribution in [-0.4, -0.2) is 23.7 Å². The van der Waals surface area contributed by atoms with Crippen LogP contribution in [0.1, 0.15) is 18.9 Å². The van der Waals surface area contributed by atoms with Crippen LogP contribution < -0.4 is 10.6 Å². The van der Waals surface area contributed by atoms with Crippen LogP contribution in [-0.2, 0) is 4.79 Å². The quantitative estimate of drug-likeness (QED) is 0.776. The molecule has 2 amide bonds. The zero-order valence-electron chi connectivity index (χ0n) is 10.8. The Bertz CT molecular complexity index is 554. The smallest absolute Gasteiger partial charge is 0.319 e. The molecule has 1 atom stereocenters. The van der Waals surface area contributed by atoms with E-state index < -0.39 is 17.9 Å². The first-order valence-corrected chi connectivity index (χ1v) is 6.29. The van der Waals surface area contributed by atoms with Crippen molar-refractivity contribution in [3.63, 3.8) is 0 Å². The van der Waals surface area contributed by atoms with Crippen molar-refractivity contribution in [2.75, 3.05) is 11.9 Å². The van der Waals surface area contributed by atoms with Gasteiger partial charge in [0.15, 0.2) is 0 Å². The van der Waals surface area contributed by atoms with Crippen LogP contribution in [0.25, 0.3) is 0 Å². The third-order valence-electron chi connectivity index (χ3n) is 2.63. The van der Waals surface area contributed by atoms with Gasteiger partial charge in [-0.05, 0) is 24.6 Å². The van der Waals surface area contributed by atoms with Gasteiger partial charge in [0.05, 0.1) is 16.5 Å². The van der Waals surface area contributed by atoms with E-state index in [0.29, 0.717) is 17.7 Å². The molecule has 7 heteroatoms. The maximum Gasteiger partial charge on any atom is 0.319 e. The van der Waals surface area contributed by atoms with E-state index in [1.807, 2.05) is 6.07 Å². The SMILES string of the molecule is CC(CCNC(=O)Nc1ccc(C#N)c(Cl)c1)C(=O)O. The van der Waals surface area contributed by atoms with Gasteiger partial charge >= 0.3 is 12.0 Å². The lowest BCUT2D eigenvalue weighted by Crippen LogP contribution is -2.31. The van der Waals surface area contributed by atoms with Gasteiger partial charge in [-0.3, -0.25) is 4.79 Å². The molecule has 1 unspecified atom stereocenters. The Morgan fingerprint density at radius 3 is 2.75 bits per heavy atom. The molecular weight excluding hydrogens is 282 g/mol. The molecule has 6 nitrogen and oxygen atoms in total. The fraction of sp³-hybridized carbons (Fsp3) is 0.308. The van der Waals surface area contributed by atoms with E-state index in [0.717, 1.165) is 0 Å². The number of nitrogens with zero attached hydrogens (tertiary/aromatic N) is 1. The number of rotatable bonds is 5. The summed E-state index contributed by atoms with van der Waals surface area (Å²) in [6.07, 6.45) is 0.344. The van der Waals surface area contributed by atoms with Gasteiger partial charge in [0.25, 0.3) is 0 Å². The lowest BCUT2D eigenvalue weighted by molar-refractivity contribution is -0.141. The summed E-state index contributed by atoms with van der Waals surface area (Å²) in [4.78, 5) is 22.1. The summed E-state index contributed by atoms with van der Waals surface area (Å²) in [6, 6.07) is 6.00. The molecule has 0 spiro atoms. The molecule has 1 aromatic rings. The second kappa shape index (κ2) is 7.36. The number of anilines is 1. The molecule has 3 N–H and O–H groups in total. The molecule has 20 heavy (non-hydrogen) atoms. The van der Waals surface area contributed by atoms with Gasteiger partial charge in [0, 0.05) is 12.2 Å². The second-order valence-electron chi connectivity index (χ2n) is 4.22. The van der Waals surface area contributed by atoms with Gasteiger partial charge in [-0.15, -0.1) is 0 Å². The first-order valence-electron chi connectivity index (χ1n) is 5.91. The first kappa shape index (κ1) is 15.8. The predicted octanol–water partition coefficient (Wildman–Crippen LogP) is 2.44. The van der Waals surface area contributed by atoms with Crippen molar-refractivity contribution in [2.45, 2.75) is 13.3 Å². The maximum absolute atomic E-state index is 11.6. The van der Waals surface area contributed by atoms with Crippen LogP contribution in [0, 0.1) is 17.2 Å². The lowest BCUT2D eigenvalue weighted by atomic mass is 10.1. The summed E-state index contributed by atoms with van der Waals surface area (Å²) in [5.41, 5.74) is 0.783. The Kier molecular flexibility index (Phi) is 5.81. The highest BCUT2D eigenvalue weighted by atomic mass is 35.5. The number of hydrogen-bond acceptors (Lipinski definition) is 3. The molecule has 0 aliphatic carbocycles. The molecule has 1 aromatic carbocycles. The third-order valence-corrected chi connectivity index (χ3v) is 2.94. The number of benzene rings is 1. The molecule has 0 fully saturated rings. The Balaban J connectivity index is 2.45. The van der Waals surface area contributed by atoms with Crippen molar-refractivity contribution in [3.8, 4) is 6.07 Å². The number of aliphatic carboxylic acids is 1. The van der Waals surface area contributed by atoms with Crippen molar-refractivity contribution < 1.29 is 14.7 Å². The number of hydrogen-bond donors (Lipinski definition) is 3. The summed E-state index contributed by atoms with van der Waals surface area (Å²) >= 11 is 5.83. The molecule has 106 valence electrons. The number of amides is 2. The van der Waals surface area contributed by atoms with Gasteiger partial charge in [0.2, 0.25) is 0 Å². The highest BCUT2D eigenvalue weighted by Crippen LogP contribution is 2.19. The zero-order valence-corrected chi connectivity index (χ0v) is 11.6. The van der Waals surface area contributed by atoms with Crippen LogP contribution in [0.4, 0.5) is 10.5 Å². The molecule has 0 bridgehead atoms. The van der Waals surface area contributed by atoms with Gasteiger partial charge < -0.3 is 15.7 Å². The molecular formula is C13H14ClN3O3. The van der Waals surface area contributed by atoms with E-state index in [9.17, 15) is 9.59 Å². The number of carbonyl (C=O) groups excluding carboxylic acids is 1. The van der Waals surface area contributed by atoms with E-state index >= 15 is 0 Å². The number of halogens is 1. The number of nitrogens with one attached hydrogen (secondary N) is 2. The Morgan fingerprint density at radius 1 is 1.50 bits per heavy atom. The normalized spacial score (nSPS) is 11.2. The van der Waals surface area contributed by atoms with Crippen LogP contribution in [0.3, 0.4) is 0 Å². The number of nitriles is 1. The van der Waals surface area contributed by atoms with Crippen LogP contribution >= 0.6 is 11.6 Å².